The van der Waals surface area contributed by atoms with Crippen molar-refractivity contribution in [2.75, 3.05) is 5.32 Å². The van der Waals surface area contributed by atoms with Gasteiger partial charge in [-0.25, -0.2) is 17.5 Å². The normalized spacial score (nSPS) is 16.4. The summed E-state index contributed by atoms with van der Waals surface area (Å²) in [5, 5.41) is 2.53. The van der Waals surface area contributed by atoms with E-state index in [-0.39, 0.29) is 33.7 Å². The molecule has 0 bridgehead atoms. The average molecular weight is 438 g/mol. The molecule has 0 saturated carbocycles. The van der Waals surface area contributed by atoms with E-state index in [0.717, 1.165) is 0 Å². The fourth-order valence-electron chi connectivity index (χ4n) is 3.61. The van der Waals surface area contributed by atoms with Crippen LogP contribution in [0, 0.1) is 5.82 Å². The lowest BCUT2D eigenvalue weighted by Crippen LogP contribution is -2.52. The molecular formula is C21H15FN4O4S. The summed E-state index contributed by atoms with van der Waals surface area (Å²) in [6.07, 6.45) is 1.56. The first-order chi connectivity index (χ1) is 14.8. The van der Waals surface area contributed by atoms with E-state index in [0.29, 0.717) is 5.56 Å². The topological polar surface area (TPSA) is 102 Å². The van der Waals surface area contributed by atoms with Crippen molar-refractivity contribution < 1.29 is 12.8 Å². The molecule has 4 aromatic rings. The van der Waals surface area contributed by atoms with E-state index >= 15 is 0 Å². The van der Waals surface area contributed by atoms with E-state index in [9.17, 15) is 22.4 Å². The Hall–Kier alpha value is -3.92. The molecule has 0 saturated heterocycles. The van der Waals surface area contributed by atoms with Crippen LogP contribution in [-0.2, 0) is 16.6 Å². The number of anilines is 1. The zero-order valence-electron chi connectivity index (χ0n) is 15.9. The molecule has 0 unspecified atom stereocenters. The van der Waals surface area contributed by atoms with Crippen molar-refractivity contribution in [3.63, 3.8) is 0 Å². The van der Waals surface area contributed by atoms with Gasteiger partial charge in [0.2, 0.25) is 5.43 Å². The number of halogens is 1. The molecule has 2 aromatic carbocycles. The highest BCUT2D eigenvalue weighted by atomic mass is 32.2. The maximum Gasteiger partial charge on any atom is 0.280 e. The molecule has 0 aliphatic carbocycles. The van der Waals surface area contributed by atoms with Gasteiger partial charge in [0.1, 0.15) is 27.3 Å². The fourth-order valence-corrected chi connectivity index (χ4v) is 4.81. The van der Waals surface area contributed by atoms with E-state index in [1.165, 1.54) is 45.6 Å². The summed E-state index contributed by atoms with van der Waals surface area (Å²) in [6, 6.07) is 15.0. The van der Waals surface area contributed by atoms with Gasteiger partial charge in [-0.1, -0.05) is 24.3 Å². The summed E-state index contributed by atoms with van der Waals surface area (Å²) in [5.74, 6) is -0.613. The Morgan fingerprint density at radius 1 is 0.935 bits per heavy atom. The Morgan fingerprint density at radius 2 is 1.68 bits per heavy atom. The number of hydrogen-bond donors (Lipinski definition) is 2. The zero-order chi connectivity index (χ0) is 21.8. The van der Waals surface area contributed by atoms with Gasteiger partial charge >= 0.3 is 0 Å². The molecule has 2 aromatic heterocycles. The van der Waals surface area contributed by atoms with Crippen LogP contribution in [0.4, 0.5) is 10.1 Å². The summed E-state index contributed by atoms with van der Waals surface area (Å²) < 4.78 is 43.6. The van der Waals surface area contributed by atoms with E-state index in [1.807, 2.05) is 0 Å². The third-order valence-electron chi connectivity index (χ3n) is 5.06. The highest BCUT2D eigenvalue weighted by Crippen LogP contribution is 2.26. The van der Waals surface area contributed by atoms with Crippen molar-refractivity contribution in [2.45, 2.75) is 11.4 Å². The summed E-state index contributed by atoms with van der Waals surface area (Å²) in [4.78, 5) is 26.5. The number of aromatic nitrogens is 2. The Balaban J connectivity index is 1.80. The minimum Gasteiger partial charge on any atom is -0.339 e. The van der Waals surface area contributed by atoms with Crippen LogP contribution in [0.15, 0.2) is 81.3 Å². The van der Waals surface area contributed by atoms with E-state index in [4.69, 9.17) is 0 Å². The van der Waals surface area contributed by atoms with Gasteiger partial charge < -0.3 is 5.32 Å². The number of hydrogen-bond acceptors (Lipinski definition) is 5. The number of sulfonamides is 1. The highest BCUT2D eigenvalue weighted by Gasteiger charge is 2.27. The average Bonchev–Trinajstić information content (AvgIpc) is 3.22. The number of benzene rings is 2. The van der Waals surface area contributed by atoms with Crippen molar-refractivity contribution in [3.8, 4) is 0 Å². The van der Waals surface area contributed by atoms with Gasteiger partial charge in [-0.2, -0.15) is 0 Å². The second kappa shape index (κ2) is 6.81. The Labute approximate surface area is 174 Å². The number of nitrogens with one attached hydrogen (secondary N) is 2. The van der Waals surface area contributed by atoms with E-state index < -0.39 is 26.8 Å². The molecule has 156 valence electrons. The van der Waals surface area contributed by atoms with Gasteiger partial charge in [0.05, 0.1) is 12.2 Å². The molecule has 1 aliphatic heterocycles. The van der Waals surface area contributed by atoms with Crippen LogP contribution >= 0.6 is 0 Å². The summed E-state index contributed by atoms with van der Waals surface area (Å²) >= 11 is 0. The summed E-state index contributed by atoms with van der Waals surface area (Å²) in [7, 11) is -3.97. The first-order valence-electron chi connectivity index (χ1n) is 9.27. The summed E-state index contributed by atoms with van der Waals surface area (Å²) in [6.45, 7) is 0.0498. The molecule has 5 rings (SSSR count). The maximum atomic E-state index is 13.4. The standard InChI is InChI=1S/C21H15FN4O4S/c22-14-9-7-13(8-10-14)12-26-21(28)18(19(27)16-5-3-11-25(16)26)20-23-15-4-1-2-6-17(15)31(29,30)24-20/h1-11,23-24H,12H2/b20-18+. The Morgan fingerprint density at radius 3 is 2.45 bits per heavy atom. The number of rotatable bonds is 2. The molecule has 0 fully saturated rings. The molecule has 2 N–H and O–H groups in total. The van der Waals surface area contributed by atoms with E-state index in [2.05, 4.69) is 10.0 Å². The van der Waals surface area contributed by atoms with Crippen molar-refractivity contribution in [3.05, 3.63) is 104 Å². The van der Waals surface area contributed by atoms with E-state index in [1.54, 1.807) is 30.5 Å². The third kappa shape index (κ3) is 3.08. The second-order valence-electron chi connectivity index (χ2n) is 7.03. The lowest BCUT2D eigenvalue weighted by molar-refractivity contribution is 0.586. The van der Waals surface area contributed by atoms with Crippen LogP contribution in [0.5, 0.6) is 0 Å². The molecule has 8 nitrogen and oxygen atoms in total. The monoisotopic (exact) mass is 438 g/mol. The van der Waals surface area contributed by atoms with Crippen LogP contribution in [0.1, 0.15) is 5.56 Å². The number of para-hydroxylation sites is 1. The molecule has 0 spiro atoms. The number of fused-ring (bicyclic) bond motifs is 2. The predicted molar refractivity (Wildman–Crippen MR) is 112 cm³/mol. The molecular weight excluding hydrogens is 423 g/mol. The Bertz CT molecular complexity index is 1620. The zero-order valence-corrected chi connectivity index (χ0v) is 16.7. The SMILES string of the molecule is O=c1/c(=C2/Nc3ccccc3S(=O)(=O)N2)c(=O)n(Cc2ccc(F)cc2)n2cccc12. The van der Waals surface area contributed by atoms with Gasteiger partial charge in [-0.05, 0) is 42.0 Å². The molecule has 0 amide bonds. The quantitative estimate of drug-likeness (QED) is 0.483. The van der Waals surface area contributed by atoms with Crippen LogP contribution in [0.3, 0.4) is 0 Å². The molecule has 1 aliphatic rings. The van der Waals surface area contributed by atoms with Crippen LogP contribution in [0.25, 0.3) is 11.3 Å². The van der Waals surface area contributed by atoms with Gasteiger partial charge in [0.25, 0.3) is 15.6 Å². The van der Waals surface area contributed by atoms with Crippen molar-refractivity contribution in [1.29, 1.82) is 0 Å². The van der Waals surface area contributed by atoms with Gasteiger partial charge in [-0.15, -0.1) is 0 Å². The lowest BCUT2D eigenvalue weighted by atomic mass is 10.2. The third-order valence-corrected chi connectivity index (χ3v) is 6.47. The Kier molecular flexibility index (Phi) is 4.19. The molecule has 3 heterocycles. The molecule has 10 heteroatoms. The van der Waals surface area contributed by atoms with Crippen LogP contribution < -0.4 is 26.2 Å². The van der Waals surface area contributed by atoms with Crippen molar-refractivity contribution in [1.82, 2.24) is 13.9 Å². The predicted octanol–water partition coefficient (Wildman–Crippen LogP) is 0.837. The smallest absolute Gasteiger partial charge is 0.280 e. The minimum absolute atomic E-state index is 0.0154. The largest absolute Gasteiger partial charge is 0.339 e. The van der Waals surface area contributed by atoms with Gasteiger partial charge in [0.15, 0.2) is 0 Å². The maximum absolute atomic E-state index is 13.4. The van der Waals surface area contributed by atoms with Crippen molar-refractivity contribution in [2.24, 2.45) is 0 Å². The first-order valence-corrected chi connectivity index (χ1v) is 10.8. The first kappa shape index (κ1) is 19.1. The van der Waals surface area contributed by atoms with Crippen molar-refractivity contribution >= 4 is 27.0 Å². The van der Waals surface area contributed by atoms with Crippen LogP contribution in [-0.4, -0.2) is 17.6 Å². The highest BCUT2D eigenvalue weighted by molar-refractivity contribution is 7.90. The molecule has 31 heavy (non-hydrogen) atoms. The van der Waals surface area contributed by atoms with Gasteiger partial charge in [0, 0.05) is 6.20 Å². The fraction of sp³-hybridized carbons (Fsp3) is 0.0476. The second-order valence-corrected chi connectivity index (χ2v) is 8.68. The summed E-state index contributed by atoms with van der Waals surface area (Å²) in [5.41, 5.74) is -0.215. The number of nitrogens with zero attached hydrogens (tertiary/aromatic N) is 2. The molecule has 0 radical (unpaired) electrons. The minimum atomic E-state index is -3.97. The van der Waals surface area contributed by atoms with Gasteiger partial charge in [-0.3, -0.25) is 18.8 Å². The van der Waals surface area contributed by atoms with Crippen LogP contribution in [0.2, 0.25) is 0 Å². The molecule has 0 atom stereocenters. The lowest BCUT2D eigenvalue weighted by Gasteiger charge is -2.22.